The van der Waals surface area contributed by atoms with Crippen molar-refractivity contribution in [2.45, 2.75) is 25.4 Å². The van der Waals surface area contributed by atoms with Gasteiger partial charge in [-0.25, -0.2) is 8.42 Å². The molecule has 1 atom stereocenters. The summed E-state index contributed by atoms with van der Waals surface area (Å²) in [5.41, 5.74) is 0. The molecule has 124 valence electrons. The van der Waals surface area contributed by atoms with Crippen LogP contribution in [-0.4, -0.2) is 66.7 Å². The van der Waals surface area contributed by atoms with Gasteiger partial charge in [-0.05, 0) is 13.5 Å². The Morgan fingerprint density at radius 3 is 2.95 bits per heavy atom. The second kappa shape index (κ2) is 7.43. The monoisotopic (exact) mass is 348 g/mol. The Morgan fingerprint density at radius 1 is 1.59 bits per heavy atom. The molecule has 1 N–H and O–H groups in total. The molecule has 0 unspecified atom stereocenters. The highest BCUT2D eigenvalue weighted by Crippen LogP contribution is 2.16. The molecule has 1 saturated heterocycles. The van der Waals surface area contributed by atoms with Crippen molar-refractivity contribution < 1.29 is 13.2 Å². The summed E-state index contributed by atoms with van der Waals surface area (Å²) in [6.45, 7) is 1.60. The number of nitrogens with zero attached hydrogens (tertiary/aromatic N) is 3. The highest BCUT2D eigenvalue weighted by atomic mass is 35.5. The van der Waals surface area contributed by atoms with Gasteiger partial charge in [0.15, 0.2) is 9.84 Å². The average molecular weight is 349 g/mol. The van der Waals surface area contributed by atoms with E-state index >= 15 is 0 Å². The van der Waals surface area contributed by atoms with E-state index < -0.39 is 9.84 Å². The standard InChI is InChI=1S/C13H21ClN4O3S/c1-17(12-3-7-22(20,21)10-12)5-2-13(19)15-4-6-18-9-11(14)8-16-18/h8-9,12H,2-7,10H2,1H3,(H,15,19)/t12-/m0/s1. The van der Waals surface area contributed by atoms with Crippen LogP contribution >= 0.6 is 11.6 Å². The van der Waals surface area contributed by atoms with Gasteiger partial charge in [0.2, 0.25) is 5.91 Å². The third kappa shape index (κ3) is 5.26. The van der Waals surface area contributed by atoms with Gasteiger partial charge in [0, 0.05) is 31.7 Å². The zero-order valence-corrected chi connectivity index (χ0v) is 14.1. The van der Waals surface area contributed by atoms with Crippen LogP contribution in [0.15, 0.2) is 12.4 Å². The SMILES string of the molecule is CN(CCC(=O)NCCn1cc(Cl)cn1)[C@H]1CCS(=O)(=O)C1. The molecule has 1 aliphatic heterocycles. The maximum Gasteiger partial charge on any atom is 0.221 e. The third-order valence-electron chi connectivity index (χ3n) is 3.79. The maximum absolute atomic E-state index is 11.8. The summed E-state index contributed by atoms with van der Waals surface area (Å²) in [6.07, 6.45) is 4.25. The van der Waals surface area contributed by atoms with Crippen molar-refractivity contribution in [2.75, 3.05) is 31.6 Å². The molecule has 1 amide bonds. The molecular formula is C13H21ClN4O3S. The van der Waals surface area contributed by atoms with Gasteiger partial charge in [0.25, 0.3) is 0 Å². The van der Waals surface area contributed by atoms with Crippen molar-refractivity contribution in [3.63, 3.8) is 0 Å². The fraction of sp³-hybridized carbons (Fsp3) is 0.692. The molecule has 9 heteroatoms. The number of sulfone groups is 1. The van der Waals surface area contributed by atoms with Crippen LogP contribution < -0.4 is 5.32 Å². The smallest absolute Gasteiger partial charge is 0.221 e. The molecule has 0 saturated carbocycles. The van der Waals surface area contributed by atoms with Gasteiger partial charge in [0.1, 0.15) is 0 Å². The minimum atomic E-state index is -2.88. The normalized spacial score (nSPS) is 20.4. The minimum Gasteiger partial charge on any atom is -0.354 e. The largest absolute Gasteiger partial charge is 0.354 e. The number of carbonyl (C=O) groups excluding carboxylic acids is 1. The lowest BCUT2D eigenvalue weighted by Gasteiger charge is -2.22. The van der Waals surface area contributed by atoms with E-state index in [-0.39, 0.29) is 23.5 Å². The zero-order chi connectivity index (χ0) is 16.2. The maximum atomic E-state index is 11.8. The summed E-state index contributed by atoms with van der Waals surface area (Å²) >= 11 is 5.75. The molecule has 1 fully saturated rings. The predicted octanol–water partition coefficient (Wildman–Crippen LogP) is 0.162. The first-order valence-corrected chi connectivity index (χ1v) is 9.41. The van der Waals surface area contributed by atoms with Gasteiger partial charge in [-0.15, -0.1) is 0 Å². The summed E-state index contributed by atoms with van der Waals surface area (Å²) in [6, 6.07) is 0.0315. The lowest BCUT2D eigenvalue weighted by molar-refractivity contribution is -0.121. The van der Waals surface area contributed by atoms with E-state index in [2.05, 4.69) is 10.4 Å². The molecule has 0 bridgehead atoms. The molecule has 2 heterocycles. The van der Waals surface area contributed by atoms with Crippen LogP contribution in [0.25, 0.3) is 0 Å². The number of nitrogens with one attached hydrogen (secondary N) is 1. The number of hydrogen-bond acceptors (Lipinski definition) is 5. The lowest BCUT2D eigenvalue weighted by Crippen LogP contribution is -2.36. The number of rotatable bonds is 7. The first-order chi connectivity index (χ1) is 10.4. The molecule has 0 spiro atoms. The second-order valence-corrected chi connectivity index (χ2v) is 8.22. The molecule has 0 aliphatic carbocycles. The van der Waals surface area contributed by atoms with Crippen LogP contribution in [0.5, 0.6) is 0 Å². The van der Waals surface area contributed by atoms with Crippen molar-refractivity contribution >= 4 is 27.3 Å². The molecule has 1 aromatic rings. The summed E-state index contributed by atoms with van der Waals surface area (Å²) in [5, 5.41) is 7.40. The Balaban J connectivity index is 1.63. The highest BCUT2D eigenvalue weighted by molar-refractivity contribution is 7.91. The zero-order valence-electron chi connectivity index (χ0n) is 12.5. The number of aromatic nitrogens is 2. The van der Waals surface area contributed by atoms with Crippen LogP contribution in [0.3, 0.4) is 0 Å². The van der Waals surface area contributed by atoms with E-state index in [0.29, 0.717) is 37.5 Å². The van der Waals surface area contributed by atoms with E-state index in [1.165, 1.54) is 0 Å². The lowest BCUT2D eigenvalue weighted by atomic mass is 10.2. The number of hydrogen-bond donors (Lipinski definition) is 1. The number of halogens is 1. The molecule has 22 heavy (non-hydrogen) atoms. The van der Waals surface area contributed by atoms with Crippen molar-refractivity contribution in [2.24, 2.45) is 0 Å². The van der Waals surface area contributed by atoms with E-state index in [9.17, 15) is 13.2 Å². The Hall–Kier alpha value is -1.12. The summed E-state index contributed by atoms with van der Waals surface area (Å²) in [4.78, 5) is 13.7. The van der Waals surface area contributed by atoms with E-state index in [0.717, 1.165) is 0 Å². The van der Waals surface area contributed by atoms with E-state index in [1.807, 2.05) is 11.9 Å². The van der Waals surface area contributed by atoms with Gasteiger partial charge in [0.05, 0.1) is 29.3 Å². The van der Waals surface area contributed by atoms with Crippen LogP contribution in [0.1, 0.15) is 12.8 Å². The van der Waals surface area contributed by atoms with Crippen LogP contribution in [-0.2, 0) is 21.2 Å². The van der Waals surface area contributed by atoms with Crippen molar-refractivity contribution in [1.82, 2.24) is 20.0 Å². The van der Waals surface area contributed by atoms with Gasteiger partial charge in [-0.1, -0.05) is 11.6 Å². The fourth-order valence-electron chi connectivity index (χ4n) is 2.44. The van der Waals surface area contributed by atoms with Gasteiger partial charge in [-0.3, -0.25) is 9.48 Å². The minimum absolute atomic E-state index is 0.0315. The number of amides is 1. The van der Waals surface area contributed by atoms with Crippen LogP contribution in [0.4, 0.5) is 0 Å². The Kier molecular flexibility index (Phi) is 5.82. The molecular weight excluding hydrogens is 328 g/mol. The van der Waals surface area contributed by atoms with Crippen molar-refractivity contribution in [1.29, 1.82) is 0 Å². The van der Waals surface area contributed by atoms with E-state index in [4.69, 9.17) is 11.6 Å². The summed E-state index contributed by atoms with van der Waals surface area (Å²) in [7, 11) is -1.02. The Bertz CT molecular complexity index is 617. The van der Waals surface area contributed by atoms with Crippen molar-refractivity contribution in [3.05, 3.63) is 17.4 Å². The topological polar surface area (TPSA) is 84.3 Å². The fourth-order valence-corrected chi connectivity index (χ4v) is 4.40. The predicted molar refractivity (Wildman–Crippen MR) is 84.6 cm³/mol. The van der Waals surface area contributed by atoms with Crippen LogP contribution in [0, 0.1) is 0 Å². The van der Waals surface area contributed by atoms with Gasteiger partial charge < -0.3 is 10.2 Å². The summed E-state index contributed by atoms with van der Waals surface area (Å²) in [5.74, 6) is 0.400. The number of carbonyl (C=O) groups is 1. The molecule has 7 nitrogen and oxygen atoms in total. The Morgan fingerprint density at radius 2 is 2.36 bits per heavy atom. The average Bonchev–Trinajstić information content (AvgIpc) is 3.02. The summed E-state index contributed by atoms with van der Waals surface area (Å²) < 4.78 is 24.5. The molecule has 0 radical (unpaired) electrons. The van der Waals surface area contributed by atoms with E-state index in [1.54, 1.807) is 17.1 Å². The quantitative estimate of drug-likeness (QED) is 0.759. The Labute approximate surface area is 135 Å². The molecule has 2 rings (SSSR count). The molecule has 0 aromatic carbocycles. The van der Waals surface area contributed by atoms with Gasteiger partial charge >= 0.3 is 0 Å². The third-order valence-corrected chi connectivity index (χ3v) is 5.73. The van der Waals surface area contributed by atoms with Crippen LogP contribution in [0.2, 0.25) is 5.02 Å². The van der Waals surface area contributed by atoms with Gasteiger partial charge in [-0.2, -0.15) is 5.10 Å². The highest BCUT2D eigenvalue weighted by Gasteiger charge is 2.30. The molecule has 1 aromatic heterocycles. The first kappa shape index (κ1) is 17.2. The second-order valence-electron chi connectivity index (χ2n) is 5.56. The van der Waals surface area contributed by atoms with Crippen molar-refractivity contribution in [3.8, 4) is 0 Å². The first-order valence-electron chi connectivity index (χ1n) is 7.21. The molecule has 1 aliphatic rings.